The molecule has 0 atom stereocenters. The van der Waals surface area contributed by atoms with E-state index in [4.69, 9.17) is 4.74 Å². The number of halogens is 1. The lowest BCUT2D eigenvalue weighted by Gasteiger charge is -2.09. The van der Waals surface area contributed by atoms with Gasteiger partial charge in [-0.05, 0) is 71.0 Å². The van der Waals surface area contributed by atoms with Crippen molar-refractivity contribution in [3.63, 3.8) is 0 Å². The number of benzene rings is 2. The summed E-state index contributed by atoms with van der Waals surface area (Å²) in [6, 6.07) is 12.9. The summed E-state index contributed by atoms with van der Waals surface area (Å²) >= 11 is 2.19. The molecule has 0 unspecified atom stereocenters. The summed E-state index contributed by atoms with van der Waals surface area (Å²) in [5.41, 5.74) is 2.43. The van der Waals surface area contributed by atoms with E-state index >= 15 is 0 Å². The number of ether oxygens (including phenoxy) is 1. The molecule has 2 rings (SSSR count). The smallest absolute Gasteiger partial charge is 0.313 e. The van der Waals surface area contributed by atoms with Crippen LogP contribution < -0.4 is 15.4 Å². The topological polar surface area (TPSA) is 67.4 Å². The third-order valence-corrected chi connectivity index (χ3v) is 3.93. The molecule has 2 aromatic carbocycles. The van der Waals surface area contributed by atoms with E-state index < -0.39 is 11.8 Å². The van der Waals surface area contributed by atoms with E-state index in [2.05, 4.69) is 33.2 Å². The second-order valence-corrected chi connectivity index (χ2v) is 6.19. The fourth-order valence-electron chi connectivity index (χ4n) is 1.95. The highest BCUT2D eigenvalue weighted by Gasteiger charge is 2.14. The van der Waals surface area contributed by atoms with Crippen molar-refractivity contribution < 1.29 is 14.3 Å². The molecule has 2 amide bonds. The number of nitrogens with one attached hydrogen (secondary N) is 2. The zero-order valence-corrected chi connectivity index (χ0v) is 15.0. The van der Waals surface area contributed by atoms with E-state index in [0.717, 1.165) is 20.4 Å². The van der Waals surface area contributed by atoms with Crippen LogP contribution in [0.1, 0.15) is 11.1 Å². The van der Waals surface area contributed by atoms with Crippen molar-refractivity contribution in [3.8, 4) is 5.75 Å². The first-order chi connectivity index (χ1) is 11.0. The van der Waals surface area contributed by atoms with Crippen molar-refractivity contribution >= 4 is 40.1 Å². The number of carbonyl (C=O) groups is 2. The van der Waals surface area contributed by atoms with Gasteiger partial charge < -0.3 is 15.4 Å². The molecule has 2 aromatic rings. The van der Waals surface area contributed by atoms with Gasteiger partial charge in [-0.3, -0.25) is 9.59 Å². The van der Waals surface area contributed by atoms with Crippen LogP contribution in [0.25, 0.3) is 0 Å². The Morgan fingerprint density at radius 2 is 1.78 bits per heavy atom. The predicted molar refractivity (Wildman–Crippen MR) is 97.4 cm³/mol. The standard InChI is InChI=1S/C17H17IN2O3/c1-11-9-13(18)5-8-15(11)20-17(22)16(21)19-10-12-3-6-14(23-2)7-4-12/h3-9H,10H2,1-2H3,(H,19,21)(H,20,22). The minimum absolute atomic E-state index is 0.280. The summed E-state index contributed by atoms with van der Waals surface area (Å²) in [6.07, 6.45) is 0. The van der Waals surface area contributed by atoms with Crippen LogP contribution in [0.2, 0.25) is 0 Å². The quantitative estimate of drug-likeness (QED) is 0.586. The van der Waals surface area contributed by atoms with Gasteiger partial charge in [-0.2, -0.15) is 0 Å². The lowest BCUT2D eigenvalue weighted by molar-refractivity contribution is -0.136. The fraction of sp³-hybridized carbons (Fsp3) is 0.176. The molecule has 0 saturated heterocycles. The number of aryl methyl sites for hydroxylation is 1. The van der Waals surface area contributed by atoms with Gasteiger partial charge in [-0.25, -0.2) is 0 Å². The summed E-state index contributed by atoms with van der Waals surface area (Å²) in [5, 5.41) is 5.21. The molecule has 0 radical (unpaired) electrons. The second kappa shape index (κ2) is 7.96. The third-order valence-electron chi connectivity index (χ3n) is 3.26. The van der Waals surface area contributed by atoms with Crippen LogP contribution in [0.3, 0.4) is 0 Å². The van der Waals surface area contributed by atoms with Crippen molar-refractivity contribution in [3.05, 3.63) is 57.2 Å². The molecule has 0 aliphatic heterocycles. The van der Waals surface area contributed by atoms with Crippen LogP contribution in [0.4, 0.5) is 5.69 Å². The van der Waals surface area contributed by atoms with Gasteiger partial charge in [0.15, 0.2) is 0 Å². The molecule has 0 saturated carbocycles. The average Bonchev–Trinajstić information content (AvgIpc) is 2.55. The van der Waals surface area contributed by atoms with Gasteiger partial charge in [-0.1, -0.05) is 12.1 Å². The van der Waals surface area contributed by atoms with E-state index in [0.29, 0.717) is 5.69 Å². The first-order valence-electron chi connectivity index (χ1n) is 6.98. The maximum absolute atomic E-state index is 11.9. The molecule has 0 fully saturated rings. The van der Waals surface area contributed by atoms with Crippen molar-refractivity contribution in [2.75, 3.05) is 12.4 Å². The zero-order chi connectivity index (χ0) is 16.8. The van der Waals surface area contributed by atoms with Crippen molar-refractivity contribution in [1.82, 2.24) is 5.32 Å². The van der Waals surface area contributed by atoms with E-state index in [9.17, 15) is 9.59 Å². The van der Waals surface area contributed by atoms with Crippen LogP contribution in [-0.2, 0) is 16.1 Å². The molecule has 0 aliphatic carbocycles. The monoisotopic (exact) mass is 424 g/mol. The minimum Gasteiger partial charge on any atom is -0.497 e. The molecule has 0 heterocycles. The Hall–Kier alpha value is -2.09. The molecule has 0 aliphatic rings. The SMILES string of the molecule is COc1ccc(CNC(=O)C(=O)Nc2ccc(I)cc2C)cc1. The van der Waals surface area contributed by atoms with E-state index in [1.807, 2.05) is 31.2 Å². The van der Waals surface area contributed by atoms with E-state index in [1.165, 1.54) is 0 Å². The number of methoxy groups -OCH3 is 1. The lowest BCUT2D eigenvalue weighted by atomic mass is 10.2. The van der Waals surface area contributed by atoms with Crippen LogP contribution >= 0.6 is 22.6 Å². The van der Waals surface area contributed by atoms with Crippen LogP contribution in [-0.4, -0.2) is 18.9 Å². The van der Waals surface area contributed by atoms with Gasteiger partial charge in [0.2, 0.25) is 0 Å². The Labute approximate surface area is 148 Å². The third kappa shape index (κ3) is 4.95. The molecule has 2 N–H and O–H groups in total. The lowest BCUT2D eigenvalue weighted by Crippen LogP contribution is -2.35. The number of hydrogen-bond donors (Lipinski definition) is 2. The molecular formula is C17H17IN2O3. The number of rotatable bonds is 4. The van der Waals surface area contributed by atoms with Crippen molar-refractivity contribution in [2.24, 2.45) is 0 Å². The minimum atomic E-state index is -0.678. The summed E-state index contributed by atoms with van der Waals surface area (Å²) < 4.78 is 6.14. The van der Waals surface area contributed by atoms with Gasteiger partial charge in [0, 0.05) is 15.8 Å². The Kier molecular flexibility index (Phi) is 5.97. The highest BCUT2D eigenvalue weighted by molar-refractivity contribution is 14.1. The largest absolute Gasteiger partial charge is 0.497 e. The second-order valence-electron chi connectivity index (χ2n) is 4.94. The van der Waals surface area contributed by atoms with Gasteiger partial charge in [-0.15, -0.1) is 0 Å². The van der Waals surface area contributed by atoms with E-state index in [1.54, 1.807) is 25.3 Å². The molecular weight excluding hydrogens is 407 g/mol. The number of hydrogen-bond acceptors (Lipinski definition) is 3. The number of amides is 2. The number of anilines is 1. The van der Waals surface area contributed by atoms with Crippen LogP contribution in [0.5, 0.6) is 5.75 Å². The van der Waals surface area contributed by atoms with Gasteiger partial charge in [0.05, 0.1) is 7.11 Å². The van der Waals surface area contributed by atoms with Gasteiger partial charge >= 0.3 is 11.8 Å². The highest BCUT2D eigenvalue weighted by Crippen LogP contribution is 2.17. The summed E-state index contributed by atoms with van der Waals surface area (Å²) in [5.74, 6) is -0.603. The van der Waals surface area contributed by atoms with Crippen LogP contribution in [0, 0.1) is 10.5 Å². The first kappa shape index (κ1) is 17.3. The fourth-order valence-corrected chi connectivity index (χ4v) is 2.60. The summed E-state index contributed by atoms with van der Waals surface area (Å²) in [6.45, 7) is 2.16. The Morgan fingerprint density at radius 3 is 2.39 bits per heavy atom. The highest BCUT2D eigenvalue weighted by atomic mass is 127. The molecule has 0 bridgehead atoms. The normalized spacial score (nSPS) is 10.0. The molecule has 0 spiro atoms. The molecule has 120 valence electrons. The Bertz CT molecular complexity index is 714. The maximum Gasteiger partial charge on any atom is 0.313 e. The molecule has 23 heavy (non-hydrogen) atoms. The maximum atomic E-state index is 11.9. The van der Waals surface area contributed by atoms with Crippen molar-refractivity contribution in [1.29, 1.82) is 0 Å². The zero-order valence-electron chi connectivity index (χ0n) is 12.9. The van der Waals surface area contributed by atoms with E-state index in [-0.39, 0.29) is 6.54 Å². The number of carbonyl (C=O) groups excluding carboxylic acids is 2. The predicted octanol–water partition coefficient (Wildman–Crippen LogP) is 2.86. The summed E-state index contributed by atoms with van der Waals surface area (Å²) in [4.78, 5) is 23.8. The Balaban J connectivity index is 1.90. The van der Waals surface area contributed by atoms with Gasteiger partial charge in [0.25, 0.3) is 0 Å². The molecule has 5 nitrogen and oxygen atoms in total. The Morgan fingerprint density at radius 1 is 1.09 bits per heavy atom. The van der Waals surface area contributed by atoms with Crippen LogP contribution in [0.15, 0.2) is 42.5 Å². The molecule has 0 aromatic heterocycles. The molecule has 6 heteroatoms. The van der Waals surface area contributed by atoms with Gasteiger partial charge in [0.1, 0.15) is 5.75 Å². The average molecular weight is 424 g/mol. The first-order valence-corrected chi connectivity index (χ1v) is 8.05. The summed E-state index contributed by atoms with van der Waals surface area (Å²) in [7, 11) is 1.59. The van der Waals surface area contributed by atoms with Crippen molar-refractivity contribution in [2.45, 2.75) is 13.5 Å².